The summed E-state index contributed by atoms with van der Waals surface area (Å²) >= 11 is 6.04. The second-order valence-electron chi connectivity index (χ2n) is 7.05. The molecule has 8 heteroatoms. The second-order valence-corrected chi connectivity index (χ2v) is 9.42. The van der Waals surface area contributed by atoms with Crippen LogP contribution in [0.5, 0.6) is 5.75 Å². The van der Waals surface area contributed by atoms with Crippen molar-refractivity contribution in [1.82, 2.24) is 9.21 Å². The first-order chi connectivity index (χ1) is 14.4. The van der Waals surface area contributed by atoms with Gasteiger partial charge in [-0.1, -0.05) is 41.9 Å². The Balaban J connectivity index is 1.51. The summed E-state index contributed by atoms with van der Waals surface area (Å²) in [6.45, 7) is 1.04. The summed E-state index contributed by atoms with van der Waals surface area (Å²) in [4.78, 5) is 14.8. The SMILES string of the molecule is COc1ccc(Cl)cc1C(=O)N1CCN(S(=O)(=O)c2ccc3ccccc3c2)CC1. The normalized spacial score (nSPS) is 15.3. The number of methoxy groups -OCH3 is 1. The van der Waals surface area contributed by atoms with Gasteiger partial charge in [-0.3, -0.25) is 4.79 Å². The van der Waals surface area contributed by atoms with Crippen molar-refractivity contribution in [3.63, 3.8) is 0 Å². The molecule has 30 heavy (non-hydrogen) atoms. The van der Waals surface area contributed by atoms with Crippen molar-refractivity contribution < 1.29 is 17.9 Å². The maximum Gasteiger partial charge on any atom is 0.257 e. The van der Waals surface area contributed by atoms with Gasteiger partial charge in [-0.2, -0.15) is 4.31 Å². The zero-order valence-electron chi connectivity index (χ0n) is 16.4. The summed E-state index contributed by atoms with van der Waals surface area (Å²) in [6.07, 6.45) is 0. The highest BCUT2D eigenvalue weighted by molar-refractivity contribution is 7.89. The molecule has 0 N–H and O–H groups in total. The Kier molecular flexibility index (Phi) is 5.69. The zero-order chi connectivity index (χ0) is 21.3. The van der Waals surface area contributed by atoms with Crippen LogP contribution in [0.1, 0.15) is 10.4 Å². The van der Waals surface area contributed by atoms with E-state index in [1.807, 2.05) is 30.3 Å². The fraction of sp³-hybridized carbons (Fsp3) is 0.227. The highest BCUT2D eigenvalue weighted by Gasteiger charge is 2.31. The van der Waals surface area contributed by atoms with Crippen molar-refractivity contribution in [2.24, 2.45) is 0 Å². The second kappa shape index (κ2) is 8.26. The first kappa shape index (κ1) is 20.7. The zero-order valence-corrected chi connectivity index (χ0v) is 18.0. The lowest BCUT2D eigenvalue weighted by Gasteiger charge is -2.34. The third-order valence-electron chi connectivity index (χ3n) is 5.28. The van der Waals surface area contributed by atoms with Gasteiger partial charge in [0.1, 0.15) is 5.75 Å². The Bertz CT molecular complexity index is 1200. The van der Waals surface area contributed by atoms with Crippen LogP contribution < -0.4 is 4.74 Å². The number of rotatable bonds is 4. The Morgan fingerprint density at radius 2 is 1.63 bits per heavy atom. The Hall–Kier alpha value is -2.61. The summed E-state index contributed by atoms with van der Waals surface area (Å²) in [5.41, 5.74) is 0.371. The smallest absolute Gasteiger partial charge is 0.257 e. The molecule has 1 saturated heterocycles. The summed E-state index contributed by atoms with van der Waals surface area (Å²) in [5, 5.41) is 2.31. The fourth-order valence-electron chi connectivity index (χ4n) is 3.63. The number of halogens is 1. The Labute approximate surface area is 180 Å². The first-order valence-corrected chi connectivity index (χ1v) is 11.3. The Morgan fingerprint density at radius 3 is 2.33 bits per heavy atom. The van der Waals surface area contributed by atoms with Gasteiger partial charge in [-0.15, -0.1) is 0 Å². The number of hydrogen-bond donors (Lipinski definition) is 0. The first-order valence-electron chi connectivity index (χ1n) is 9.52. The van der Waals surface area contributed by atoms with Gasteiger partial charge < -0.3 is 9.64 Å². The van der Waals surface area contributed by atoms with Gasteiger partial charge in [0.05, 0.1) is 17.6 Å². The van der Waals surface area contributed by atoms with E-state index in [0.29, 0.717) is 29.4 Å². The van der Waals surface area contributed by atoms with Crippen LogP contribution in [0.25, 0.3) is 10.8 Å². The molecule has 1 aliphatic rings. The lowest BCUT2D eigenvalue weighted by Crippen LogP contribution is -2.50. The highest BCUT2D eigenvalue weighted by Crippen LogP contribution is 2.26. The van der Waals surface area contributed by atoms with Crippen LogP contribution >= 0.6 is 11.6 Å². The van der Waals surface area contributed by atoms with Gasteiger partial charge in [0.15, 0.2) is 0 Å². The lowest BCUT2D eigenvalue weighted by molar-refractivity contribution is 0.0694. The van der Waals surface area contributed by atoms with Gasteiger partial charge in [0.25, 0.3) is 5.91 Å². The number of piperazine rings is 1. The fourth-order valence-corrected chi connectivity index (χ4v) is 5.26. The van der Waals surface area contributed by atoms with Crippen LogP contribution in [0.3, 0.4) is 0 Å². The molecule has 0 aromatic heterocycles. The third-order valence-corrected chi connectivity index (χ3v) is 7.41. The van der Waals surface area contributed by atoms with E-state index in [1.54, 1.807) is 35.2 Å². The van der Waals surface area contributed by atoms with Crippen LogP contribution in [0.15, 0.2) is 65.6 Å². The summed E-state index contributed by atoms with van der Waals surface area (Å²) in [6, 6.07) is 17.7. The number of carbonyl (C=O) groups excluding carboxylic acids is 1. The number of hydrogen-bond acceptors (Lipinski definition) is 4. The molecule has 3 aromatic rings. The molecule has 1 amide bonds. The molecule has 0 radical (unpaired) electrons. The van der Waals surface area contributed by atoms with Gasteiger partial charge in [0, 0.05) is 31.2 Å². The van der Waals surface area contributed by atoms with E-state index in [1.165, 1.54) is 11.4 Å². The van der Waals surface area contributed by atoms with E-state index >= 15 is 0 Å². The summed E-state index contributed by atoms with van der Waals surface area (Å²) in [5.74, 6) is 0.215. The minimum Gasteiger partial charge on any atom is -0.496 e. The molecule has 0 spiro atoms. The number of fused-ring (bicyclic) bond motifs is 1. The number of nitrogens with zero attached hydrogens (tertiary/aromatic N) is 2. The Morgan fingerprint density at radius 1 is 0.933 bits per heavy atom. The molecule has 1 aliphatic heterocycles. The monoisotopic (exact) mass is 444 g/mol. The largest absolute Gasteiger partial charge is 0.496 e. The van der Waals surface area contributed by atoms with Crippen molar-refractivity contribution in [1.29, 1.82) is 0 Å². The van der Waals surface area contributed by atoms with Crippen molar-refractivity contribution in [2.45, 2.75) is 4.90 Å². The van der Waals surface area contributed by atoms with E-state index in [2.05, 4.69) is 0 Å². The number of amides is 1. The van der Waals surface area contributed by atoms with Crippen molar-refractivity contribution in [2.75, 3.05) is 33.3 Å². The number of ether oxygens (including phenoxy) is 1. The minimum absolute atomic E-state index is 0.225. The van der Waals surface area contributed by atoms with Crippen LogP contribution in [-0.2, 0) is 10.0 Å². The average Bonchev–Trinajstić information content (AvgIpc) is 2.78. The van der Waals surface area contributed by atoms with Crippen molar-refractivity contribution in [3.05, 3.63) is 71.2 Å². The van der Waals surface area contributed by atoms with E-state index < -0.39 is 10.0 Å². The molecule has 0 unspecified atom stereocenters. The van der Waals surface area contributed by atoms with Gasteiger partial charge in [-0.05, 0) is 41.1 Å². The molecule has 0 bridgehead atoms. The minimum atomic E-state index is -3.64. The quantitative estimate of drug-likeness (QED) is 0.616. The van der Waals surface area contributed by atoms with Gasteiger partial charge in [0.2, 0.25) is 10.0 Å². The summed E-state index contributed by atoms with van der Waals surface area (Å²) in [7, 11) is -2.14. The molecular weight excluding hydrogens is 424 g/mol. The van der Waals surface area contributed by atoms with E-state index in [9.17, 15) is 13.2 Å². The molecule has 0 atom stereocenters. The van der Waals surface area contributed by atoms with Crippen LogP contribution in [-0.4, -0.2) is 56.8 Å². The molecule has 1 heterocycles. The predicted octanol–water partition coefficient (Wildman–Crippen LogP) is 3.65. The predicted molar refractivity (Wildman–Crippen MR) is 117 cm³/mol. The van der Waals surface area contributed by atoms with Crippen LogP contribution in [0.4, 0.5) is 0 Å². The molecule has 4 rings (SSSR count). The standard InChI is InChI=1S/C22H21ClN2O4S/c1-29-21-9-7-18(23)15-20(21)22(26)24-10-12-25(13-11-24)30(27,28)19-8-6-16-4-2-3-5-17(16)14-19/h2-9,14-15H,10-13H2,1H3. The molecule has 6 nitrogen and oxygen atoms in total. The molecule has 1 fully saturated rings. The van der Waals surface area contributed by atoms with Gasteiger partial charge >= 0.3 is 0 Å². The van der Waals surface area contributed by atoms with E-state index in [-0.39, 0.29) is 23.9 Å². The molecular formula is C22H21ClN2O4S. The van der Waals surface area contributed by atoms with Crippen molar-refractivity contribution in [3.8, 4) is 5.75 Å². The topological polar surface area (TPSA) is 66.9 Å². The summed E-state index contributed by atoms with van der Waals surface area (Å²) < 4.78 is 32.9. The highest BCUT2D eigenvalue weighted by atomic mass is 35.5. The number of benzene rings is 3. The molecule has 0 aliphatic carbocycles. The maximum absolute atomic E-state index is 13.1. The molecule has 156 valence electrons. The maximum atomic E-state index is 13.1. The van der Waals surface area contributed by atoms with Crippen LogP contribution in [0.2, 0.25) is 5.02 Å². The third kappa shape index (κ3) is 3.88. The number of sulfonamides is 1. The van der Waals surface area contributed by atoms with Crippen molar-refractivity contribution >= 4 is 38.3 Å². The van der Waals surface area contributed by atoms with E-state index in [4.69, 9.17) is 16.3 Å². The molecule has 0 saturated carbocycles. The van der Waals surface area contributed by atoms with E-state index in [0.717, 1.165) is 10.8 Å². The van der Waals surface area contributed by atoms with Crippen LogP contribution in [0, 0.1) is 0 Å². The van der Waals surface area contributed by atoms with Gasteiger partial charge in [-0.25, -0.2) is 8.42 Å². The lowest BCUT2D eigenvalue weighted by atomic mass is 10.1. The number of carbonyl (C=O) groups is 1. The average molecular weight is 445 g/mol. The molecule has 3 aromatic carbocycles.